The number of carboxylic acid groups (broad SMARTS) is 1. The van der Waals surface area contributed by atoms with Crippen LogP contribution in [0.2, 0.25) is 0 Å². The average Bonchev–Trinajstić information content (AvgIpc) is 3.04. The van der Waals surface area contributed by atoms with Gasteiger partial charge in [-0.2, -0.15) is 0 Å². The molecule has 0 aromatic heterocycles. The number of hydrogen-bond donors (Lipinski definition) is 1. The van der Waals surface area contributed by atoms with Gasteiger partial charge in [-0.1, -0.05) is 6.07 Å². The standard InChI is InChI=1S/C15H15F2NO3/c16-8-3-4-9(12(17)6-8)10-7-11(10)14(19)18-5-1-2-13(18)15(20)21/h3-4,6,10-11,13H,1-2,5,7H2,(H,20,21)/t10?,11?,13-/m1/s1. The lowest BCUT2D eigenvalue weighted by Gasteiger charge is -2.21. The minimum Gasteiger partial charge on any atom is -0.480 e. The Morgan fingerprint density at radius 3 is 2.71 bits per heavy atom. The number of halogens is 2. The molecule has 1 saturated heterocycles. The highest BCUT2D eigenvalue weighted by atomic mass is 19.1. The molecule has 1 heterocycles. The number of benzene rings is 1. The van der Waals surface area contributed by atoms with E-state index in [1.54, 1.807) is 0 Å². The van der Waals surface area contributed by atoms with Crippen LogP contribution in [0.25, 0.3) is 0 Å². The summed E-state index contributed by atoms with van der Waals surface area (Å²) in [5.74, 6) is -3.17. The lowest BCUT2D eigenvalue weighted by Crippen LogP contribution is -2.41. The molecule has 1 aliphatic heterocycles. The Morgan fingerprint density at radius 1 is 1.29 bits per heavy atom. The number of amides is 1. The van der Waals surface area contributed by atoms with E-state index in [2.05, 4.69) is 0 Å². The number of rotatable bonds is 3. The molecule has 2 unspecified atom stereocenters. The van der Waals surface area contributed by atoms with Crippen LogP contribution in [0.1, 0.15) is 30.7 Å². The first kappa shape index (κ1) is 14.0. The van der Waals surface area contributed by atoms with Gasteiger partial charge in [0, 0.05) is 18.5 Å². The number of nitrogens with zero attached hydrogens (tertiary/aromatic N) is 1. The van der Waals surface area contributed by atoms with Crippen LogP contribution in [0.15, 0.2) is 18.2 Å². The summed E-state index contributed by atoms with van der Waals surface area (Å²) >= 11 is 0. The van der Waals surface area contributed by atoms with Crippen LogP contribution in [0, 0.1) is 17.6 Å². The third-order valence-electron chi connectivity index (χ3n) is 4.29. The molecule has 3 rings (SSSR count). The molecule has 0 spiro atoms. The largest absolute Gasteiger partial charge is 0.480 e. The summed E-state index contributed by atoms with van der Waals surface area (Å²) in [5.41, 5.74) is 0.334. The number of likely N-dealkylation sites (tertiary alicyclic amines) is 1. The quantitative estimate of drug-likeness (QED) is 0.929. The Kier molecular flexibility index (Phi) is 3.39. The molecule has 3 atom stereocenters. The fraction of sp³-hybridized carbons (Fsp3) is 0.467. The van der Waals surface area contributed by atoms with Crippen LogP contribution >= 0.6 is 0 Å². The van der Waals surface area contributed by atoms with Gasteiger partial charge < -0.3 is 10.0 Å². The number of aliphatic carboxylic acids is 1. The van der Waals surface area contributed by atoms with Gasteiger partial charge >= 0.3 is 5.97 Å². The Labute approximate surface area is 120 Å². The zero-order chi connectivity index (χ0) is 15.1. The first-order chi connectivity index (χ1) is 9.99. The molecule has 1 saturated carbocycles. The highest BCUT2D eigenvalue weighted by Crippen LogP contribution is 2.49. The smallest absolute Gasteiger partial charge is 0.326 e. The van der Waals surface area contributed by atoms with E-state index < -0.39 is 23.6 Å². The van der Waals surface area contributed by atoms with Crippen molar-refractivity contribution in [3.8, 4) is 0 Å². The number of carbonyl (C=O) groups excluding carboxylic acids is 1. The normalized spacial score (nSPS) is 27.7. The topological polar surface area (TPSA) is 57.6 Å². The summed E-state index contributed by atoms with van der Waals surface area (Å²) in [6.45, 7) is 0.435. The van der Waals surface area contributed by atoms with Crippen molar-refractivity contribution in [2.24, 2.45) is 5.92 Å². The number of hydrogen-bond acceptors (Lipinski definition) is 2. The lowest BCUT2D eigenvalue weighted by molar-refractivity contribution is -0.148. The lowest BCUT2D eigenvalue weighted by atomic mass is 10.1. The highest BCUT2D eigenvalue weighted by molar-refractivity contribution is 5.88. The average molecular weight is 295 g/mol. The molecule has 1 aromatic rings. The SMILES string of the molecule is O=C(O)[C@H]1CCCN1C(=O)C1CC1c1ccc(F)cc1F. The molecular weight excluding hydrogens is 280 g/mol. The minimum absolute atomic E-state index is 0.228. The molecule has 1 amide bonds. The van der Waals surface area contributed by atoms with Crippen LogP contribution in [0.4, 0.5) is 8.78 Å². The summed E-state index contributed by atoms with van der Waals surface area (Å²) in [4.78, 5) is 24.8. The molecule has 0 radical (unpaired) electrons. The van der Waals surface area contributed by atoms with E-state index in [4.69, 9.17) is 5.11 Å². The van der Waals surface area contributed by atoms with Gasteiger partial charge in [0.05, 0.1) is 0 Å². The predicted octanol–water partition coefficient (Wildman–Crippen LogP) is 2.14. The maximum Gasteiger partial charge on any atom is 0.326 e. The van der Waals surface area contributed by atoms with Crippen molar-refractivity contribution in [2.75, 3.05) is 6.54 Å². The zero-order valence-electron chi connectivity index (χ0n) is 11.3. The van der Waals surface area contributed by atoms with Gasteiger partial charge in [0.2, 0.25) is 5.91 Å². The maximum absolute atomic E-state index is 13.7. The predicted molar refractivity (Wildman–Crippen MR) is 69.6 cm³/mol. The van der Waals surface area contributed by atoms with E-state index in [-0.39, 0.29) is 17.7 Å². The van der Waals surface area contributed by atoms with Crippen molar-refractivity contribution in [2.45, 2.75) is 31.2 Å². The number of carboxylic acids is 1. The molecule has 4 nitrogen and oxygen atoms in total. The first-order valence-corrected chi connectivity index (χ1v) is 6.97. The van der Waals surface area contributed by atoms with Crippen LogP contribution in [0.3, 0.4) is 0 Å². The van der Waals surface area contributed by atoms with Gasteiger partial charge in [-0.05, 0) is 36.8 Å². The Balaban J connectivity index is 1.72. The van der Waals surface area contributed by atoms with Crippen molar-refractivity contribution < 1.29 is 23.5 Å². The van der Waals surface area contributed by atoms with Crippen molar-refractivity contribution >= 4 is 11.9 Å². The summed E-state index contributed by atoms with van der Waals surface area (Å²) in [7, 11) is 0. The second kappa shape index (κ2) is 5.09. The molecule has 1 N–H and O–H groups in total. The Morgan fingerprint density at radius 2 is 2.05 bits per heavy atom. The number of carbonyl (C=O) groups is 2. The summed E-state index contributed by atoms with van der Waals surface area (Å²) in [6.07, 6.45) is 1.62. The molecule has 0 bridgehead atoms. The van der Waals surface area contributed by atoms with E-state index in [0.717, 1.165) is 6.07 Å². The van der Waals surface area contributed by atoms with Gasteiger partial charge in [0.15, 0.2) is 0 Å². The van der Waals surface area contributed by atoms with E-state index in [1.165, 1.54) is 17.0 Å². The molecule has 112 valence electrons. The third-order valence-corrected chi connectivity index (χ3v) is 4.29. The molecular formula is C15H15F2NO3. The zero-order valence-corrected chi connectivity index (χ0v) is 11.3. The molecule has 6 heteroatoms. The monoisotopic (exact) mass is 295 g/mol. The van der Waals surface area contributed by atoms with Gasteiger partial charge in [-0.25, -0.2) is 13.6 Å². The molecule has 21 heavy (non-hydrogen) atoms. The molecule has 2 aliphatic rings. The van der Waals surface area contributed by atoms with Crippen LogP contribution in [-0.2, 0) is 9.59 Å². The second-order valence-electron chi connectivity index (χ2n) is 5.64. The van der Waals surface area contributed by atoms with Gasteiger partial charge in [-0.3, -0.25) is 4.79 Å². The third kappa shape index (κ3) is 2.50. The van der Waals surface area contributed by atoms with E-state index in [9.17, 15) is 18.4 Å². The maximum atomic E-state index is 13.7. The fourth-order valence-corrected chi connectivity index (χ4v) is 3.11. The van der Waals surface area contributed by atoms with Crippen LogP contribution in [0.5, 0.6) is 0 Å². The van der Waals surface area contributed by atoms with Crippen molar-refractivity contribution in [3.05, 3.63) is 35.4 Å². The van der Waals surface area contributed by atoms with E-state index >= 15 is 0 Å². The van der Waals surface area contributed by atoms with Crippen LogP contribution < -0.4 is 0 Å². The summed E-state index contributed by atoms with van der Waals surface area (Å²) in [5, 5.41) is 9.10. The first-order valence-electron chi connectivity index (χ1n) is 6.97. The van der Waals surface area contributed by atoms with Crippen LogP contribution in [-0.4, -0.2) is 34.5 Å². The summed E-state index contributed by atoms with van der Waals surface area (Å²) < 4.78 is 26.6. The Hall–Kier alpha value is -1.98. The van der Waals surface area contributed by atoms with Crippen molar-refractivity contribution in [1.29, 1.82) is 0 Å². The molecule has 1 aromatic carbocycles. The van der Waals surface area contributed by atoms with Gasteiger partial charge in [0.1, 0.15) is 17.7 Å². The molecule has 2 fully saturated rings. The van der Waals surface area contributed by atoms with Gasteiger partial charge in [0.25, 0.3) is 0 Å². The van der Waals surface area contributed by atoms with E-state index in [1.807, 2.05) is 0 Å². The highest BCUT2D eigenvalue weighted by Gasteiger charge is 2.49. The van der Waals surface area contributed by atoms with Crippen molar-refractivity contribution in [3.63, 3.8) is 0 Å². The minimum atomic E-state index is -0.994. The Bertz CT molecular complexity index is 605. The fourth-order valence-electron chi connectivity index (χ4n) is 3.11. The van der Waals surface area contributed by atoms with E-state index in [0.29, 0.717) is 31.4 Å². The van der Waals surface area contributed by atoms with Crippen molar-refractivity contribution in [1.82, 2.24) is 4.90 Å². The van der Waals surface area contributed by atoms with Gasteiger partial charge in [-0.15, -0.1) is 0 Å². The second-order valence-corrected chi connectivity index (χ2v) is 5.64. The summed E-state index contributed by atoms with van der Waals surface area (Å²) in [6, 6.07) is 2.58. The molecule has 1 aliphatic carbocycles.